The summed E-state index contributed by atoms with van der Waals surface area (Å²) in [6.45, 7) is 5.82. The minimum Gasteiger partial charge on any atom is -0.481 e. The van der Waals surface area contributed by atoms with Crippen LogP contribution in [-0.4, -0.2) is 66.7 Å². The van der Waals surface area contributed by atoms with Crippen LogP contribution >= 0.6 is 0 Å². The molecule has 0 aromatic heterocycles. The number of hydrogen-bond acceptors (Lipinski definition) is 3. The van der Waals surface area contributed by atoms with E-state index in [0.29, 0.717) is 13.1 Å². The molecule has 0 aromatic carbocycles. The van der Waals surface area contributed by atoms with Gasteiger partial charge in [-0.3, -0.25) is 4.79 Å². The minimum atomic E-state index is -0.905. The van der Waals surface area contributed by atoms with Crippen LogP contribution in [0, 0.1) is 0 Å². The van der Waals surface area contributed by atoms with Crippen molar-refractivity contribution in [3.05, 3.63) is 0 Å². The van der Waals surface area contributed by atoms with E-state index < -0.39 is 5.97 Å². The number of amides is 2. The van der Waals surface area contributed by atoms with Crippen LogP contribution in [-0.2, 0) is 4.79 Å². The summed E-state index contributed by atoms with van der Waals surface area (Å²) in [6.07, 6.45) is 0.827. The summed E-state index contributed by atoms with van der Waals surface area (Å²) < 4.78 is 0. The van der Waals surface area contributed by atoms with Crippen molar-refractivity contribution in [3.63, 3.8) is 0 Å². The maximum Gasteiger partial charge on any atom is 0.317 e. The van der Waals surface area contributed by atoms with E-state index >= 15 is 0 Å². The Hall–Kier alpha value is -1.30. The van der Waals surface area contributed by atoms with Crippen molar-refractivity contribution in [3.8, 4) is 0 Å². The summed E-state index contributed by atoms with van der Waals surface area (Å²) in [5.74, 6) is -0.905. The van der Waals surface area contributed by atoms with Crippen LogP contribution < -0.4 is 5.32 Å². The number of carbonyl (C=O) groups excluding carboxylic acids is 1. The quantitative estimate of drug-likeness (QED) is 0.677. The highest BCUT2D eigenvalue weighted by Gasteiger charge is 2.16. The molecule has 0 aromatic rings. The van der Waals surface area contributed by atoms with Crippen LogP contribution in [0.4, 0.5) is 4.79 Å². The van der Waals surface area contributed by atoms with Crippen molar-refractivity contribution >= 4 is 12.0 Å². The van der Waals surface area contributed by atoms with Gasteiger partial charge in [0.2, 0.25) is 0 Å². The van der Waals surface area contributed by atoms with Gasteiger partial charge in [-0.25, -0.2) is 4.79 Å². The van der Waals surface area contributed by atoms with Gasteiger partial charge in [-0.1, -0.05) is 6.92 Å². The highest BCUT2D eigenvalue weighted by Crippen LogP contribution is 1.97. The second-order valence-electron chi connectivity index (χ2n) is 4.74. The van der Waals surface area contributed by atoms with Crippen LogP contribution in [0.3, 0.4) is 0 Å². The smallest absolute Gasteiger partial charge is 0.317 e. The largest absolute Gasteiger partial charge is 0.481 e. The Morgan fingerprint density at radius 2 is 1.83 bits per heavy atom. The topological polar surface area (TPSA) is 72.9 Å². The van der Waals surface area contributed by atoms with Crippen LogP contribution in [0.25, 0.3) is 0 Å². The Balaban J connectivity index is 4.24. The predicted octanol–water partition coefficient (Wildman–Crippen LogP) is 0.833. The summed E-state index contributed by atoms with van der Waals surface area (Å²) in [5, 5.41) is 11.4. The summed E-state index contributed by atoms with van der Waals surface area (Å²) in [7, 11) is 3.91. The van der Waals surface area contributed by atoms with Gasteiger partial charge >= 0.3 is 12.0 Å². The van der Waals surface area contributed by atoms with Crippen molar-refractivity contribution in [1.29, 1.82) is 0 Å². The summed E-state index contributed by atoms with van der Waals surface area (Å²) >= 11 is 0. The van der Waals surface area contributed by atoms with Crippen LogP contribution in [0.5, 0.6) is 0 Å². The molecule has 1 atom stereocenters. The number of carboxylic acid groups (broad SMARTS) is 1. The van der Waals surface area contributed by atoms with Crippen molar-refractivity contribution in [2.45, 2.75) is 32.7 Å². The zero-order valence-corrected chi connectivity index (χ0v) is 11.8. The predicted molar refractivity (Wildman–Crippen MR) is 70.7 cm³/mol. The van der Waals surface area contributed by atoms with Crippen molar-refractivity contribution in [2.75, 3.05) is 33.7 Å². The molecule has 2 N–H and O–H groups in total. The van der Waals surface area contributed by atoms with E-state index in [2.05, 4.69) is 5.32 Å². The number of urea groups is 1. The number of nitrogens with zero attached hydrogens (tertiary/aromatic N) is 2. The molecular formula is C12H25N3O3. The molecule has 2 amide bonds. The average Bonchev–Trinajstić information content (AvgIpc) is 2.22. The van der Waals surface area contributed by atoms with E-state index in [4.69, 9.17) is 5.11 Å². The van der Waals surface area contributed by atoms with E-state index in [-0.39, 0.29) is 18.5 Å². The number of likely N-dealkylation sites (N-methyl/N-ethyl adjacent to an activating group) is 1. The number of carboxylic acids is 1. The molecule has 6 heteroatoms. The maximum atomic E-state index is 11.9. The molecular weight excluding hydrogens is 234 g/mol. The fraction of sp³-hybridized carbons (Fsp3) is 0.833. The molecule has 6 nitrogen and oxygen atoms in total. The van der Waals surface area contributed by atoms with Gasteiger partial charge in [0.25, 0.3) is 0 Å². The van der Waals surface area contributed by atoms with Gasteiger partial charge < -0.3 is 20.2 Å². The lowest BCUT2D eigenvalue weighted by atomic mass is 10.2. The molecule has 0 aliphatic rings. The van der Waals surface area contributed by atoms with Crippen LogP contribution in [0.1, 0.15) is 26.7 Å². The normalized spacial score (nSPS) is 12.3. The number of nitrogens with one attached hydrogen (secondary N) is 1. The fourth-order valence-electron chi connectivity index (χ4n) is 1.52. The number of aliphatic carboxylic acids is 1. The molecule has 0 rings (SSSR count). The lowest BCUT2D eigenvalue weighted by Gasteiger charge is -2.25. The highest BCUT2D eigenvalue weighted by molar-refractivity contribution is 5.75. The zero-order chi connectivity index (χ0) is 14.1. The van der Waals surface area contributed by atoms with Gasteiger partial charge in [-0.15, -0.1) is 0 Å². The second kappa shape index (κ2) is 8.74. The number of rotatable bonds is 8. The molecule has 18 heavy (non-hydrogen) atoms. The van der Waals surface area contributed by atoms with Gasteiger partial charge in [0.05, 0.1) is 6.42 Å². The van der Waals surface area contributed by atoms with Crippen molar-refractivity contribution < 1.29 is 14.7 Å². The molecule has 0 saturated heterocycles. The third-order valence-electron chi connectivity index (χ3n) is 2.45. The molecule has 0 bridgehead atoms. The van der Waals surface area contributed by atoms with E-state index in [1.54, 1.807) is 11.8 Å². The summed E-state index contributed by atoms with van der Waals surface area (Å²) in [6, 6.07) is -0.541. The molecule has 106 valence electrons. The van der Waals surface area contributed by atoms with Gasteiger partial charge in [0, 0.05) is 25.7 Å². The first-order valence-electron chi connectivity index (χ1n) is 6.28. The molecule has 0 radical (unpaired) electrons. The molecule has 0 spiro atoms. The first kappa shape index (κ1) is 16.7. The SMILES string of the molecule is CCCN(CCN(C)C)C(=O)NC(C)CC(=O)O. The van der Waals surface area contributed by atoms with E-state index in [1.807, 2.05) is 25.9 Å². The standard InChI is InChI=1S/C12H25N3O3/c1-5-6-15(8-7-14(3)4)12(18)13-10(2)9-11(16)17/h10H,5-9H2,1-4H3,(H,13,18)(H,16,17). The lowest BCUT2D eigenvalue weighted by Crippen LogP contribution is -2.46. The van der Waals surface area contributed by atoms with Gasteiger partial charge in [-0.2, -0.15) is 0 Å². The van der Waals surface area contributed by atoms with E-state index in [0.717, 1.165) is 13.0 Å². The molecule has 0 saturated carbocycles. The minimum absolute atomic E-state index is 0.0562. The van der Waals surface area contributed by atoms with Gasteiger partial charge in [0.1, 0.15) is 0 Å². The Morgan fingerprint density at radius 1 is 1.22 bits per heavy atom. The van der Waals surface area contributed by atoms with Crippen LogP contribution in [0.2, 0.25) is 0 Å². The highest BCUT2D eigenvalue weighted by atomic mass is 16.4. The Bertz CT molecular complexity index is 269. The summed E-state index contributed by atoms with van der Waals surface area (Å²) in [5.41, 5.74) is 0. The van der Waals surface area contributed by atoms with Gasteiger partial charge in [-0.05, 0) is 27.4 Å². The third-order valence-corrected chi connectivity index (χ3v) is 2.45. The Kier molecular flexibility index (Phi) is 8.11. The molecule has 1 unspecified atom stereocenters. The zero-order valence-electron chi connectivity index (χ0n) is 11.8. The maximum absolute atomic E-state index is 11.9. The van der Waals surface area contributed by atoms with Crippen molar-refractivity contribution in [2.24, 2.45) is 0 Å². The number of hydrogen-bond donors (Lipinski definition) is 2. The third kappa shape index (κ3) is 7.89. The first-order chi connectivity index (χ1) is 8.36. The molecule has 0 heterocycles. The Morgan fingerprint density at radius 3 is 2.28 bits per heavy atom. The number of carbonyl (C=O) groups is 2. The van der Waals surface area contributed by atoms with Crippen LogP contribution in [0.15, 0.2) is 0 Å². The fourth-order valence-corrected chi connectivity index (χ4v) is 1.52. The van der Waals surface area contributed by atoms with E-state index in [1.165, 1.54) is 0 Å². The average molecular weight is 259 g/mol. The second-order valence-corrected chi connectivity index (χ2v) is 4.74. The summed E-state index contributed by atoms with van der Waals surface area (Å²) in [4.78, 5) is 26.2. The molecule has 0 fully saturated rings. The van der Waals surface area contributed by atoms with Gasteiger partial charge in [0.15, 0.2) is 0 Å². The lowest BCUT2D eigenvalue weighted by molar-refractivity contribution is -0.137. The van der Waals surface area contributed by atoms with E-state index in [9.17, 15) is 9.59 Å². The first-order valence-corrected chi connectivity index (χ1v) is 6.28. The van der Waals surface area contributed by atoms with Crippen molar-refractivity contribution in [1.82, 2.24) is 15.1 Å². The molecule has 0 aliphatic heterocycles. The monoisotopic (exact) mass is 259 g/mol. The Labute approximate surface area is 109 Å². The molecule has 0 aliphatic carbocycles.